The highest BCUT2D eigenvalue weighted by atomic mass is 19.1. The molecular formula is C26H43F2N5O2. The Labute approximate surface area is 210 Å². The van der Waals surface area contributed by atoms with Crippen LogP contribution in [0.3, 0.4) is 0 Å². The maximum Gasteiger partial charge on any atom is 0.282 e. The second kappa shape index (κ2) is 12.4. The van der Waals surface area contributed by atoms with Gasteiger partial charge in [0.05, 0.1) is 19.1 Å². The molecule has 35 heavy (non-hydrogen) atoms. The van der Waals surface area contributed by atoms with Crippen LogP contribution >= 0.6 is 0 Å². The number of piperazine rings is 2. The van der Waals surface area contributed by atoms with Gasteiger partial charge in [-0.25, -0.2) is 8.78 Å². The highest BCUT2D eigenvalue weighted by Gasteiger charge is 2.43. The van der Waals surface area contributed by atoms with Crippen LogP contribution in [0.15, 0.2) is 24.8 Å². The zero-order chi connectivity index (χ0) is 26.5. The number of carbonyl (C=O) groups is 1. The first-order valence-electron chi connectivity index (χ1n) is 12.5. The summed E-state index contributed by atoms with van der Waals surface area (Å²) in [5.41, 5.74) is -0.113. The monoisotopic (exact) mass is 495 g/mol. The van der Waals surface area contributed by atoms with Gasteiger partial charge in [0.1, 0.15) is 12.6 Å². The molecule has 9 heteroatoms. The SMILES string of the molecule is C=C(F)COCN1C(C[C@@H]2CN(C(C)(C)C)C[C@H](C)N2C(=O)C(=C)F)CN(C(C)C)C[C@@H]1CC#N. The van der Waals surface area contributed by atoms with Gasteiger partial charge in [-0.2, -0.15) is 5.26 Å². The third-order valence-corrected chi connectivity index (χ3v) is 7.13. The standard InChI is InChI=1S/C26H43F2N5O2/c1-18(2)30-13-22(9-10-29)32(17-35-16-19(3)27)23(14-30)11-24-15-31(26(6,7)8)12-20(4)33(24)25(34)21(5)28/h18,20,22-24H,3,5,9,11-17H2,1-2,4,6-8H3/t20-,22-,23?,24+/m0/s1. The van der Waals surface area contributed by atoms with Gasteiger partial charge in [-0.3, -0.25) is 19.5 Å². The lowest BCUT2D eigenvalue weighted by Crippen LogP contribution is -2.66. The maximum atomic E-state index is 14.1. The second-order valence-electron chi connectivity index (χ2n) is 11.2. The topological polar surface area (TPSA) is 63.1 Å². The first-order chi connectivity index (χ1) is 16.3. The fraction of sp³-hybridized carbons (Fsp3) is 0.769. The van der Waals surface area contributed by atoms with Crippen LogP contribution in [0.5, 0.6) is 0 Å². The Morgan fingerprint density at radius 3 is 2.26 bits per heavy atom. The van der Waals surface area contributed by atoms with Gasteiger partial charge in [-0.15, -0.1) is 0 Å². The van der Waals surface area contributed by atoms with Gasteiger partial charge in [-0.1, -0.05) is 13.2 Å². The van der Waals surface area contributed by atoms with Gasteiger partial charge >= 0.3 is 0 Å². The van der Waals surface area contributed by atoms with Crippen molar-refractivity contribution in [3.63, 3.8) is 0 Å². The molecule has 0 spiro atoms. The van der Waals surface area contributed by atoms with E-state index in [9.17, 15) is 18.8 Å². The molecule has 2 aliphatic rings. The number of halogens is 2. The molecule has 0 bridgehead atoms. The molecule has 0 aliphatic carbocycles. The Hall–Kier alpha value is -1.86. The number of amides is 1. The van der Waals surface area contributed by atoms with Crippen LogP contribution in [-0.4, -0.2) is 101 Å². The normalized spacial score (nSPS) is 27.1. The summed E-state index contributed by atoms with van der Waals surface area (Å²) in [7, 11) is 0. The molecule has 2 rings (SSSR count). The van der Waals surface area contributed by atoms with Crippen molar-refractivity contribution in [1.82, 2.24) is 19.6 Å². The number of rotatable bonds is 9. The fourth-order valence-corrected chi connectivity index (χ4v) is 5.25. The lowest BCUT2D eigenvalue weighted by atomic mass is 9.92. The summed E-state index contributed by atoms with van der Waals surface area (Å²) in [6, 6.07) is 1.93. The Morgan fingerprint density at radius 2 is 1.74 bits per heavy atom. The molecule has 0 aromatic rings. The summed E-state index contributed by atoms with van der Waals surface area (Å²) >= 11 is 0. The summed E-state index contributed by atoms with van der Waals surface area (Å²) in [6.45, 7) is 21.7. The van der Waals surface area contributed by atoms with Crippen LogP contribution in [0.4, 0.5) is 8.78 Å². The van der Waals surface area contributed by atoms with E-state index in [2.05, 4.69) is 68.5 Å². The van der Waals surface area contributed by atoms with Crippen LogP contribution in [0.25, 0.3) is 0 Å². The number of hydrogen-bond donors (Lipinski definition) is 0. The van der Waals surface area contributed by atoms with Crippen molar-refractivity contribution >= 4 is 5.91 Å². The molecule has 0 radical (unpaired) electrons. The molecule has 1 amide bonds. The molecule has 2 saturated heterocycles. The van der Waals surface area contributed by atoms with E-state index < -0.39 is 17.6 Å². The van der Waals surface area contributed by atoms with Crippen molar-refractivity contribution in [2.75, 3.05) is 39.5 Å². The lowest BCUT2D eigenvalue weighted by Gasteiger charge is -2.53. The van der Waals surface area contributed by atoms with E-state index in [4.69, 9.17) is 4.74 Å². The highest BCUT2D eigenvalue weighted by molar-refractivity contribution is 5.91. The summed E-state index contributed by atoms with van der Waals surface area (Å²) < 4.78 is 32.9. The minimum absolute atomic E-state index is 0.0716. The molecule has 2 aliphatic heterocycles. The first kappa shape index (κ1) is 29.4. The number of carbonyl (C=O) groups excluding carboxylic acids is 1. The van der Waals surface area contributed by atoms with E-state index in [1.54, 1.807) is 4.90 Å². The molecule has 0 N–H and O–H groups in total. The first-order valence-corrected chi connectivity index (χ1v) is 12.5. The summed E-state index contributed by atoms with van der Waals surface area (Å²) in [4.78, 5) is 21.3. The molecule has 2 heterocycles. The second-order valence-corrected chi connectivity index (χ2v) is 11.2. The fourth-order valence-electron chi connectivity index (χ4n) is 5.25. The van der Waals surface area contributed by atoms with Crippen molar-refractivity contribution in [2.24, 2.45) is 0 Å². The van der Waals surface area contributed by atoms with E-state index in [1.807, 2.05) is 6.92 Å². The zero-order valence-electron chi connectivity index (χ0n) is 22.3. The molecular weight excluding hydrogens is 452 g/mol. The predicted molar refractivity (Wildman–Crippen MR) is 134 cm³/mol. The average Bonchev–Trinajstić information content (AvgIpc) is 2.73. The van der Waals surface area contributed by atoms with Crippen LogP contribution in [0.1, 0.15) is 54.4 Å². The van der Waals surface area contributed by atoms with Crippen LogP contribution < -0.4 is 0 Å². The summed E-state index contributed by atoms with van der Waals surface area (Å²) in [5.74, 6) is -2.18. The number of ether oxygens (including phenoxy) is 1. The quantitative estimate of drug-likeness (QED) is 0.455. The Bertz CT molecular complexity index is 807. The van der Waals surface area contributed by atoms with Gasteiger partial charge in [0, 0.05) is 61.9 Å². The van der Waals surface area contributed by atoms with Crippen molar-refractivity contribution in [3.8, 4) is 6.07 Å². The van der Waals surface area contributed by atoms with E-state index in [0.717, 1.165) is 0 Å². The molecule has 0 saturated carbocycles. The van der Waals surface area contributed by atoms with Crippen molar-refractivity contribution < 1.29 is 18.3 Å². The molecule has 2 fully saturated rings. The molecule has 0 aromatic heterocycles. The summed E-state index contributed by atoms with van der Waals surface area (Å²) in [5, 5.41) is 9.50. The summed E-state index contributed by atoms with van der Waals surface area (Å²) in [6.07, 6.45) is 0.875. The van der Waals surface area contributed by atoms with Gasteiger partial charge in [0.15, 0.2) is 5.83 Å². The zero-order valence-corrected chi connectivity index (χ0v) is 22.3. The molecule has 1 unspecified atom stereocenters. The van der Waals surface area contributed by atoms with E-state index in [0.29, 0.717) is 39.0 Å². The average molecular weight is 496 g/mol. The number of nitrogens with zero attached hydrogens (tertiary/aromatic N) is 5. The number of hydrogen-bond acceptors (Lipinski definition) is 6. The van der Waals surface area contributed by atoms with Crippen LogP contribution in [-0.2, 0) is 9.53 Å². The molecule has 7 nitrogen and oxygen atoms in total. The van der Waals surface area contributed by atoms with Gasteiger partial charge in [0.2, 0.25) is 0 Å². The molecule has 198 valence electrons. The smallest absolute Gasteiger partial charge is 0.282 e. The highest BCUT2D eigenvalue weighted by Crippen LogP contribution is 2.30. The van der Waals surface area contributed by atoms with E-state index in [-0.39, 0.29) is 49.1 Å². The Morgan fingerprint density at radius 1 is 1.11 bits per heavy atom. The van der Waals surface area contributed by atoms with Gasteiger partial charge in [-0.05, 0) is 48.0 Å². The van der Waals surface area contributed by atoms with Gasteiger partial charge < -0.3 is 9.64 Å². The van der Waals surface area contributed by atoms with E-state index >= 15 is 0 Å². The third-order valence-electron chi connectivity index (χ3n) is 7.13. The molecule has 0 aromatic carbocycles. The lowest BCUT2D eigenvalue weighted by molar-refractivity contribution is -0.141. The number of nitriles is 1. The maximum absolute atomic E-state index is 14.1. The minimum atomic E-state index is -0.956. The largest absolute Gasteiger partial charge is 0.359 e. The van der Waals surface area contributed by atoms with E-state index in [1.165, 1.54) is 0 Å². The minimum Gasteiger partial charge on any atom is -0.359 e. The van der Waals surface area contributed by atoms with Crippen molar-refractivity contribution in [3.05, 3.63) is 24.8 Å². The Kier molecular flexibility index (Phi) is 10.4. The predicted octanol–water partition coefficient (Wildman–Crippen LogP) is 3.69. The van der Waals surface area contributed by atoms with Crippen molar-refractivity contribution in [1.29, 1.82) is 5.26 Å². The van der Waals surface area contributed by atoms with Crippen LogP contribution in [0, 0.1) is 11.3 Å². The van der Waals surface area contributed by atoms with Crippen molar-refractivity contribution in [2.45, 2.75) is 90.1 Å². The Balaban J connectivity index is 2.39. The third kappa shape index (κ3) is 7.81. The van der Waals surface area contributed by atoms with Crippen LogP contribution in [0.2, 0.25) is 0 Å². The van der Waals surface area contributed by atoms with Gasteiger partial charge in [0.25, 0.3) is 5.91 Å². The molecule has 4 atom stereocenters.